The summed E-state index contributed by atoms with van der Waals surface area (Å²) >= 11 is 0. The standard InChI is InChI=1S/C16H14FNO2/c1-12-7-8-16(17)14(9-12)11-15(18(19)20)10-13-5-3-2-4-6-13/h2-9,11H,10H2,1H3/b15-11-. The second-order valence-corrected chi connectivity index (χ2v) is 4.58. The molecule has 0 heterocycles. The van der Waals surface area contributed by atoms with E-state index in [2.05, 4.69) is 0 Å². The van der Waals surface area contributed by atoms with Crippen LogP contribution in [-0.4, -0.2) is 4.92 Å². The van der Waals surface area contributed by atoms with Crippen molar-refractivity contribution in [3.63, 3.8) is 0 Å². The minimum atomic E-state index is -0.464. The van der Waals surface area contributed by atoms with Gasteiger partial charge in [0.1, 0.15) is 5.82 Å². The summed E-state index contributed by atoms with van der Waals surface area (Å²) in [5.74, 6) is -0.456. The van der Waals surface area contributed by atoms with E-state index in [1.165, 1.54) is 12.1 Å². The van der Waals surface area contributed by atoms with Gasteiger partial charge in [-0.3, -0.25) is 10.1 Å². The van der Waals surface area contributed by atoms with Gasteiger partial charge in [-0.05, 0) is 24.6 Å². The van der Waals surface area contributed by atoms with E-state index in [1.54, 1.807) is 12.1 Å². The lowest BCUT2D eigenvalue weighted by molar-refractivity contribution is -0.425. The lowest BCUT2D eigenvalue weighted by atomic mass is 10.1. The number of benzene rings is 2. The number of allylic oxidation sites excluding steroid dienone is 1. The van der Waals surface area contributed by atoms with E-state index in [1.807, 2.05) is 37.3 Å². The number of nitro groups is 1. The molecule has 0 saturated heterocycles. The molecule has 2 aromatic carbocycles. The Morgan fingerprint density at radius 1 is 1.25 bits per heavy atom. The Labute approximate surface area is 116 Å². The maximum atomic E-state index is 13.7. The smallest absolute Gasteiger partial charge is 0.251 e. The average molecular weight is 271 g/mol. The highest BCUT2D eigenvalue weighted by atomic mass is 19.1. The number of nitrogens with zero attached hydrogens (tertiary/aromatic N) is 1. The van der Waals surface area contributed by atoms with Crippen molar-refractivity contribution in [1.29, 1.82) is 0 Å². The monoisotopic (exact) mass is 271 g/mol. The lowest BCUT2D eigenvalue weighted by Gasteiger charge is -2.02. The van der Waals surface area contributed by atoms with Crippen molar-refractivity contribution in [1.82, 2.24) is 0 Å². The molecule has 2 rings (SSSR count). The van der Waals surface area contributed by atoms with Gasteiger partial charge in [0, 0.05) is 11.6 Å². The molecule has 0 atom stereocenters. The van der Waals surface area contributed by atoms with Crippen molar-refractivity contribution >= 4 is 6.08 Å². The van der Waals surface area contributed by atoms with Crippen molar-refractivity contribution in [3.8, 4) is 0 Å². The van der Waals surface area contributed by atoms with Crippen LogP contribution >= 0.6 is 0 Å². The molecule has 0 N–H and O–H groups in total. The topological polar surface area (TPSA) is 43.1 Å². The van der Waals surface area contributed by atoms with Gasteiger partial charge in [0.25, 0.3) is 5.70 Å². The van der Waals surface area contributed by atoms with E-state index in [-0.39, 0.29) is 17.7 Å². The minimum Gasteiger partial charge on any atom is -0.259 e. The van der Waals surface area contributed by atoms with E-state index in [0.29, 0.717) is 0 Å². The van der Waals surface area contributed by atoms with Crippen LogP contribution in [0.5, 0.6) is 0 Å². The summed E-state index contributed by atoms with van der Waals surface area (Å²) in [6.45, 7) is 1.82. The number of hydrogen-bond donors (Lipinski definition) is 0. The normalized spacial score (nSPS) is 11.4. The molecule has 0 fully saturated rings. The van der Waals surface area contributed by atoms with E-state index in [4.69, 9.17) is 0 Å². The Hall–Kier alpha value is -2.49. The number of aryl methyl sites for hydroxylation is 1. The summed E-state index contributed by atoms with van der Waals surface area (Å²) in [6, 6.07) is 13.7. The van der Waals surface area contributed by atoms with Crippen molar-refractivity contribution in [3.05, 3.63) is 86.8 Å². The highest BCUT2D eigenvalue weighted by Crippen LogP contribution is 2.17. The van der Waals surface area contributed by atoms with Crippen LogP contribution in [0.3, 0.4) is 0 Å². The van der Waals surface area contributed by atoms with E-state index >= 15 is 0 Å². The Balaban J connectivity index is 2.35. The zero-order valence-electron chi connectivity index (χ0n) is 11.0. The third kappa shape index (κ3) is 3.51. The summed E-state index contributed by atoms with van der Waals surface area (Å²) in [5, 5.41) is 11.1. The van der Waals surface area contributed by atoms with Gasteiger partial charge in [-0.15, -0.1) is 0 Å². The summed E-state index contributed by atoms with van der Waals surface area (Å²) in [6.07, 6.45) is 1.47. The molecular weight excluding hydrogens is 257 g/mol. The van der Waals surface area contributed by atoms with Gasteiger partial charge in [0.2, 0.25) is 0 Å². The van der Waals surface area contributed by atoms with Crippen LogP contribution in [0.15, 0.2) is 54.2 Å². The number of rotatable bonds is 4. The van der Waals surface area contributed by atoms with Gasteiger partial charge in [-0.2, -0.15) is 0 Å². The molecule has 0 unspecified atom stereocenters. The first-order valence-electron chi connectivity index (χ1n) is 6.21. The van der Waals surface area contributed by atoms with Crippen LogP contribution < -0.4 is 0 Å². The quantitative estimate of drug-likeness (QED) is 0.623. The van der Waals surface area contributed by atoms with Crippen LogP contribution in [0.1, 0.15) is 16.7 Å². The zero-order chi connectivity index (χ0) is 14.5. The number of hydrogen-bond acceptors (Lipinski definition) is 2. The Kier molecular flexibility index (Phi) is 4.25. The molecule has 0 bridgehead atoms. The van der Waals surface area contributed by atoms with Crippen LogP contribution in [-0.2, 0) is 6.42 Å². The molecule has 0 amide bonds. The predicted molar refractivity (Wildman–Crippen MR) is 76.3 cm³/mol. The number of halogens is 1. The van der Waals surface area contributed by atoms with Crippen molar-refractivity contribution in [2.24, 2.45) is 0 Å². The van der Waals surface area contributed by atoms with Gasteiger partial charge in [0.05, 0.1) is 11.3 Å². The average Bonchev–Trinajstić information content (AvgIpc) is 2.43. The third-order valence-corrected chi connectivity index (χ3v) is 2.94. The highest BCUT2D eigenvalue weighted by Gasteiger charge is 2.13. The molecule has 0 saturated carbocycles. The second kappa shape index (κ2) is 6.10. The Morgan fingerprint density at radius 2 is 1.95 bits per heavy atom. The van der Waals surface area contributed by atoms with Gasteiger partial charge in [-0.1, -0.05) is 42.0 Å². The van der Waals surface area contributed by atoms with Gasteiger partial charge >= 0.3 is 0 Å². The van der Waals surface area contributed by atoms with Crippen molar-refractivity contribution < 1.29 is 9.31 Å². The second-order valence-electron chi connectivity index (χ2n) is 4.58. The summed E-state index contributed by atoms with van der Waals surface area (Å²) in [7, 11) is 0. The maximum absolute atomic E-state index is 13.7. The Morgan fingerprint density at radius 3 is 2.60 bits per heavy atom. The molecular formula is C16H14FNO2. The Bertz CT molecular complexity index is 651. The molecule has 0 aliphatic rings. The van der Waals surface area contributed by atoms with E-state index in [9.17, 15) is 14.5 Å². The minimum absolute atomic E-state index is 0.0271. The first-order valence-corrected chi connectivity index (χ1v) is 6.21. The molecule has 3 nitrogen and oxygen atoms in total. The molecule has 2 aromatic rings. The summed E-state index contributed by atoms with van der Waals surface area (Å²) in [4.78, 5) is 10.7. The van der Waals surface area contributed by atoms with Crippen molar-refractivity contribution in [2.45, 2.75) is 13.3 Å². The molecule has 4 heteroatoms. The first-order chi connectivity index (χ1) is 9.56. The van der Waals surface area contributed by atoms with Gasteiger partial charge in [-0.25, -0.2) is 4.39 Å². The van der Waals surface area contributed by atoms with E-state index < -0.39 is 10.7 Å². The lowest BCUT2D eigenvalue weighted by Crippen LogP contribution is -2.03. The van der Waals surface area contributed by atoms with Gasteiger partial charge in [0.15, 0.2) is 0 Å². The fraction of sp³-hybridized carbons (Fsp3) is 0.125. The van der Waals surface area contributed by atoms with Crippen LogP contribution in [0, 0.1) is 22.9 Å². The largest absolute Gasteiger partial charge is 0.259 e. The molecule has 0 aromatic heterocycles. The third-order valence-electron chi connectivity index (χ3n) is 2.94. The molecule has 0 aliphatic heterocycles. The van der Waals surface area contributed by atoms with Gasteiger partial charge < -0.3 is 0 Å². The van der Waals surface area contributed by atoms with Crippen molar-refractivity contribution in [2.75, 3.05) is 0 Å². The predicted octanol–water partition coefficient (Wildman–Crippen LogP) is 3.99. The molecule has 102 valence electrons. The SMILES string of the molecule is Cc1ccc(F)c(/C=C(/Cc2ccccc2)[N+](=O)[O-])c1. The molecule has 0 radical (unpaired) electrons. The summed E-state index contributed by atoms with van der Waals surface area (Å²) in [5.41, 5.74) is 1.90. The van der Waals surface area contributed by atoms with Crippen LogP contribution in [0.2, 0.25) is 0 Å². The van der Waals surface area contributed by atoms with E-state index in [0.717, 1.165) is 11.1 Å². The van der Waals surface area contributed by atoms with Crippen LogP contribution in [0.25, 0.3) is 6.08 Å². The molecule has 0 aliphatic carbocycles. The maximum Gasteiger partial charge on any atom is 0.251 e. The fourth-order valence-corrected chi connectivity index (χ4v) is 1.93. The van der Waals surface area contributed by atoms with Crippen LogP contribution in [0.4, 0.5) is 4.39 Å². The first kappa shape index (κ1) is 13.9. The highest BCUT2D eigenvalue weighted by molar-refractivity contribution is 5.53. The summed E-state index contributed by atoms with van der Waals surface area (Å²) < 4.78 is 13.7. The zero-order valence-corrected chi connectivity index (χ0v) is 11.0. The molecule has 0 spiro atoms. The molecule has 20 heavy (non-hydrogen) atoms. The fourth-order valence-electron chi connectivity index (χ4n) is 1.93.